The van der Waals surface area contributed by atoms with E-state index in [-0.39, 0.29) is 11.5 Å². The van der Waals surface area contributed by atoms with E-state index in [0.717, 1.165) is 19.3 Å². The number of pyridine rings is 1. The van der Waals surface area contributed by atoms with Crippen molar-refractivity contribution < 1.29 is 8.42 Å². The van der Waals surface area contributed by atoms with Crippen molar-refractivity contribution in [3.8, 4) is 0 Å². The second kappa shape index (κ2) is 5.21. The van der Waals surface area contributed by atoms with Crippen molar-refractivity contribution in [3.63, 3.8) is 0 Å². The van der Waals surface area contributed by atoms with Gasteiger partial charge in [0.05, 0.1) is 0 Å². The lowest BCUT2D eigenvalue weighted by molar-refractivity contribution is 0.306. The third kappa shape index (κ3) is 3.76. The van der Waals surface area contributed by atoms with Gasteiger partial charge >= 0.3 is 0 Å². The summed E-state index contributed by atoms with van der Waals surface area (Å²) >= 11 is 0. The molecule has 106 valence electrons. The van der Waals surface area contributed by atoms with Crippen LogP contribution in [-0.2, 0) is 10.0 Å². The molecule has 0 N–H and O–H groups in total. The first-order valence-electron chi connectivity index (χ1n) is 6.72. The molecule has 5 heteroatoms. The number of rotatable bonds is 5. The molecule has 0 unspecified atom stereocenters. The van der Waals surface area contributed by atoms with E-state index in [4.69, 9.17) is 0 Å². The molecule has 1 aliphatic rings. The van der Waals surface area contributed by atoms with Crippen molar-refractivity contribution in [3.05, 3.63) is 24.5 Å². The third-order valence-corrected chi connectivity index (χ3v) is 5.21. The molecule has 1 aliphatic carbocycles. The van der Waals surface area contributed by atoms with Crippen LogP contribution >= 0.6 is 0 Å². The molecule has 1 aromatic heterocycles. The molecule has 1 saturated carbocycles. The van der Waals surface area contributed by atoms with Crippen molar-refractivity contribution in [1.82, 2.24) is 9.29 Å². The van der Waals surface area contributed by atoms with Crippen LogP contribution in [0.25, 0.3) is 0 Å². The maximum atomic E-state index is 12.6. The summed E-state index contributed by atoms with van der Waals surface area (Å²) in [6.45, 7) is 6.99. The average Bonchev–Trinajstić information content (AvgIpc) is 3.13. The number of nitrogens with zero attached hydrogens (tertiary/aromatic N) is 2. The van der Waals surface area contributed by atoms with Gasteiger partial charge in [0.15, 0.2) is 0 Å². The minimum absolute atomic E-state index is 0.137. The topological polar surface area (TPSA) is 50.3 Å². The molecular weight excluding hydrogens is 260 g/mol. The van der Waals surface area contributed by atoms with Crippen LogP contribution in [-0.4, -0.2) is 30.3 Å². The predicted octanol–water partition coefficient (Wildman–Crippen LogP) is 2.67. The Kier molecular flexibility index (Phi) is 3.97. The van der Waals surface area contributed by atoms with Gasteiger partial charge in [0, 0.05) is 25.0 Å². The smallest absolute Gasteiger partial charge is 0.244 e. The Hall–Kier alpha value is -0.940. The first-order valence-corrected chi connectivity index (χ1v) is 8.16. The fraction of sp³-hybridized carbons (Fsp3) is 0.643. The second-order valence-electron chi connectivity index (χ2n) is 6.35. The number of hydrogen-bond acceptors (Lipinski definition) is 3. The highest BCUT2D eigenvalue weighted by molar-refractivity contribution is 7.89. The van der Waals surface area contributed by atoms with Crippen molar-refractivity contribution in [2.75, 3.05) is 6.54 Å². The van der Waals surface area contributed by atoms with Gasteiger partial charge in [-0.3, -0.25) is 4.98 Å². The Morgan fingerprint density at radius 1 is 1.37 bits per heavy atom. The van der Waals surface area contributed by atoms with Crippen LogP contribution in [0.5, 0.6) is 0 Å². The van der Waals surface area contributed by atoms with Crippen molar-refractivity contribution >= 4 is 10.0 Å². The molecule has 0 radical (unpaired) electrons. The van der Waals surface area contributed by atoms with Gasteiger partial charge in [0.1, 0.15) is 4.90 Å². The standard InChI is InChI=1S/C14H22N2O2S/c1-14(2,3)8-10-16(12-6-7-12)19(17,18)13-5-4-9-15-11-13/h4-5,9,11-12H,6-8,10H2,1-3H3. The summed E-state index contributed by atoms with van der Waals surface area (Å²) in [4.78, 5) is 4.22. The normalized spacial score (nSPS) is 16.8. The molecule has 1 aromatic rings. The molecule has 19 heavy (non-hydrogen) atoms. The third-order valence-electron chi connectivity index (χ3n) is 3.28. The molecule has 0 saturated heterocycles. The minimum atomic E-state index is -3.39. The van der Waals surface area contributed by atoms with Gasteiger partial charge in [-0.15, -0.1) is 0 Å². The van der Waals surface area contributed by atoms with Crippen molar-refractivity contribution in [1.29, 1.82) is 0 Å². The molecule has 1 fully saturated rings. The van der Waals surface area contributed by atoms with Gasteiger partial charge in [0.25, 0.3) is 0 Å². The molecule has 1 heterocycles. The predicted molar refractivity (Wildman–Crippen MR) is 75.2 cm³/mol. The maximum Gasteiger partial charge on any atom is 0.244 e. The zero-order valence-electron chi connectivity index (χ0n) is 11.8. The van der Waals surface area contributed by atoms with Gasteiger partial charge in [-0.05, 0) is 36.8 Å². The van der Waals surface area contributed by atoms with Gasteiger partial charge in [0.2, 0.25) is 10.0 Å². The summed E-state index contributed by atoms with van der Waals surface area (Å²) in [5.74, 6) is 0. The highest BCUT2D eigenvalue weighted by Crippen LogP contribution is 2.33. The van der Waals surface area contributed by atoms with Crippen molar-refractivity contribution in [2.45, 2.75) is 51.0 Å². The van der Waals surface area contributed by atoms with Gasteiger partial charge in [-0.1, -0.05) is 20.8 Å². The zero-order chi connectivity index (χ0) is 14.1. The van der Waals surface area contributed by atoms with E-state index in [0.29, 0.717) is 11.4 Å². The highest BCUT2D eigenvalue weighted by Gasteiger charge is 2.38. The number of aromatic nitrogens is 1. The summed E-state index contributed by atoms with van der Waals surface area (Å²) in [5.41, 5.74) is 0.137. The molecule has 0 spiro atoms. The summed E-state index contributed by atoms with van der Waals surface area (Å²) in [6.07, 6.45) is 5.84. The SMILES string of the molecule is CC(C)(C)CCN(C1CC1)S(=O)(=O)c1cccnc1. The lowest BCUT2D eigenvalue weighted by Gasteiger charge is -2.26. The second-order valence-corrected chi connectivity index (χ2v) is 8.24. The summed E-state index contributed by atoms with van der Waals surface area (Å²) in [7, 11) is -3.39. The Labute approximate surface area is 115 Å². The Bertz CT molecular complexity index is 516. The van der Waals surface area contributed by atoms with Crippen LogP contribution in [0, 0.1) is 5.41 Å². The quantitative estimate of drug-likeness (QED) is 0.834. The van der Waals surface area contributed by atoms with E-state index in [2.05, 4.69) is 25.8 Å². The highest BCUT2D eigenvalue weighted by atomic mass is 32.2. The summed E-state index contributed by atoms with van der Waals surface area (Å²) in [5, 5.41) is 0. The summed E-state index contributed by atoms with van der Waals surface area (Å²) in [6, 6.07) is 3.48. The fourth-order valence-electron chi connectivity index (χ4n) is 1.94. The Balaban J connectivity index is 2.19. The molecule has 0 aromatic carbocycles. The first kappa shape index (κ1) is 14.5. The van der Waals surface area contributed by atoms with Gasteiger partial charge < -0.3 is 0 Å². The molecule has 0 atom stereocenters. The van der Waals surface area contributed by atoms with Gasteiger partial charge in [-0.2, -0.15) is 4.31 Å². The first-order chi connectivity index (χ1) is 8.81. The molecular formula is C14H22N2O2S. The van der Waals surface area contributed by atoms with Crippen molar-refractivity contribution in [2.24, 2.45) is 5.41 Å². The van der Waals surface area contributed by atoms with Crippen LogP contribution in [0.3, 0.4) is 0 Å². The van der Waals surface area contributed by atoms with E-state index in [1.165, 1.54) is 6.20 Å². The van der Waals surface area contributed by atoms with E-state index < -0.39 is 10.0 Å². The van der Waals surface area contributed by atoms with Crippen LogP contribution in [0.2, 0.25) is 0 Å². The van der Waals surface area contributed by atoms with Crippen LogP contribution in [0.4, 0.5) is 0 Å². The average molecular weight is 282 g/mol. The lowest BCUT2D eigenvalue weighted by Crippen LogP contribution is -2.35. The van der Waals surface area contributed by atoms with E-state index in [9.17, 15) is 8.42 Å². The minimum Gasteiger partial charge on any atom is -0.263 e. The van der Waals surface area contributed by atoms with E-state index >= 15 is 0 Å². The Morgan fingerprint density at radius 3 is 2.53 bits per heavy atom. The molecule has 0 bridgehead atoms. The summed E-state index contributed by atoms with van der Waals surface area (Å²) < 4.78 is 26.9. The maximum absolute atomic E-state index is 12.6. The lowest BCUT2D eigenvalue weighted by atomic mass is 9.92. The zero-order valence-corrected chi connectivity index (χ0v) is 12.7. The fourth-order valence-corrected chi connectivity index (χ4v) is 3.59. The largest absolute Gasteiger partial charge is 0.263 e. The number of hydrogen-bond donors (Lipinski definition) is 0. The molecule has 0 aliphatic heterocycles. The van der Waals surface area contributed by atoms with Crippen LogP contribution < -0.4 is 0 Å². The number of sulfonamides is 1. The van der Waals surface area contributed by atoms with E-state index in [1.807, 2.05) is 0 Å². The molecule has 2 rings (SSSR count). The van der Waals surface area contributed by atoms with Gasteiger partial charge in [-0.25, -0.2) is 8.42 Å². The van der Waals surface area contributed by atoms with E-state index in [1.54, 1.807) is 22.6 Å². The van der Waals surface area contributed by atoms with Crippen LogP contribution in [0.15, 0.2) is 29.4 Å². The Morgan fingerprint density at radius 2 is 2.05 bits per heavy atom. The molecule has 0 amide bonds. The molecule has 4 nitrogen and oxygen atoms in total. The van der Waals surface area contributed by atoms with Crippen LogP contribution in [0.1, 0.15) is 40.0 Å². The monoisotopic (exact) mass is 282 g/mol.